The van der Waals surface area contributed by atoms with Crippen LogP contribution < -0.4 is 10.1 Å². The number of carbonyl (C=O) groups is 1. The van der Waals surface area contributed by atoms with E-state index in [2.05, 4.69) is 12.2 Å². The van der Waals surface area contributed by atoms with Crippen LogP contribution in [-0.2, 0) is 14.8 Å². The van der Waals surface area contributed by atoms with Crippen LogP contribution in [0.4, 0.5) is 5.69 Å². The van der Waals surface area contributed by atoms with E-state index in [1.54, 1.807) is 30.3 Å². The molecule has 8 heteroatoms. The Morgan fingerprint density at radius 2 is 1.83 bits per heavy atom. The number of hydrogen-bond acceptors (Lipinski definition) is 4. The number of amides is 1. The lowest BCUT2D eigenvalue weighted by Gasteiger charge is -2.29. The largest absolute Gasteiger partial charge is 0.484 e. The van der Waals surface area contributed by atoms with E-state index >= 15 is 0 Å². The fourth-order valence-corrected chi connectivity index (χ4v) is 4.80. The Labute approximate surface area is 176 Å². The average molecular weight is 437 g/mol. The number of rotatable bonds is 6. The number of benzene rings is 2. The minimum atomic E-state index is -3.50. The molecule has 1 aliphatic heterocycles. The smallest absolute Gasteiger partial charge is 0.262 e. The van der Waals surface area contributed by atoms with Crippen molar-refractivity contribution in [2.75, 3.05) is 25.0 Å². The van der Waals surface area contributed by atoms with E-state index in [1.165, 1.54) is 16.4 Å². The Morgan fingerprint density at radius 3 is 2.48 bits per heavy atom. The molecular formula is C21H25ClN2O4S. The molecule has 156 valence electrons. The molecule has 0 spiro atoms. The maximum Gasteiger partial charge on any atom is 0.262 e. The van der Waals surface area contributed by atoms with E-state index in [0.717, 1.165) is 18.4 Å². The van der Waals surface area contributed by atoms with Gasteiger partial charge >= 0.3 is 0 Å². The first-order chi connectivity index (χ1) is 13.8. The average Bonchev–Trinajstić information content (AvgIpc) is 2.70. The molecule has 1 saturated heterocycles. The maximum atomic E-state index is 12.7. The highest BCUT2D eigenvalue weighted by Crippen LogP contribution is 2.25. The fourth-order valence-electron chi connectivity index (χ4n) is 3.16. The van der Waals surface area contributed by atoms with Gasteiger partial charge in [-0.25, -0.2) is 8.42 Å². The molecule has 1 N–H and O–H groups in total. The lowest BCUT2D eigenvalue weighted by Crippen LogP contribution is -2.37. The molecule has 0 aliphatic carbocycles. The number of halogens is 1. The van der Waals surface area contributed by atoms with E-state index in [1.807, 2.05) is 6.92 Å². The van der Waals surface area contributed by atoms with Crippen molar-refractivity contribution in [3.63, 3.8) is 0 Å². The van der Waals surface area contributed by atoms with Crippen LogP contribution in [0.15, 0.2) is 47.4 Å². The Morgan fingerprint density at radius 1 is 1.17 bits per heavy atom. The van der Waals surface area contributed by atoms with Crippen molar-refractivity contribution < 1.29 is 17.9 Å². The maximum absolute atomic E-state index is 12.7. The van der Waals surface area contributed by atoms with Crippen molar-refractivity contribution in [3.05, 3.63) is 53.1 Å². The molecule has 6 nitrogen and oxygen atoms in total. The second-order valence-electron chi connectivity index (χ2n) is 7.31. The number of anilines is 1. The molecule has 1 fully saturated rings. The molecule has 2 aromatic rings. The first-order valence-corrected chi connectivity index (χ1v) is 11.4. The lowest BCUT2D eigenvalue weighted by atomic mass is 10.0. The molecule has 29 heavy (non-hydrogen) atoms. The van der Waals surface area contributed by atoms with Crippen LogP contribution >= 0.6 is 11.6 Å². The summed E-state index contributed by atoms with van der Waals surface area (Å²) in [6.45, 7) is 4.86. The number of hydrogen-bond donors (Lipinski definition) is 1. The molecular weight excluding hydrogens is 412 g/mol. The van der Waals surface area contributed by atoms with E-state index in [0.29, 0.717) is 35.5 Å². The van der Waals surface area contributed by atoms with Gasteiger partial charge < -0.3 is 10.1 Å². The summed E-state index contributed by atoms with van der Waals surface area (Å²) in [7, 11) is -3.50. The van der Waals surface area contributed by atoms with Gasteiger partial charge in [0.1, 0.15) is 5.75 Å². The Kier molecular flexibility index (Phi) is 6.82. The van der Waals surface area contributed by atoms with E-state index in [4.69, 9.17) is 16.3 Å². The van der Waals surface area contributed by atoms with Gasteiger partial charge in [0.05, 0.1) is 4.90 Å². The Bertz CT molecular complexity index is 969. The molecule has 0 radical (unpaired) electrons. The summed E-state index contributed by atoms with van der Waals surface area (Å²) >= 11 is 6.05. The van der Waals surface area contributed by atoms with Crippen molar-refractivity contribution in [2.45, 2.75) is 31.6 Å². The molecule has 0 saturated carbocycles. The van der Waals surface area contributed by atoms with Gasteiger partial charge in [-0.1, -0.05) is 24.6 Å². The Balaban J connectivity index is 1.58. The lowest BCUT2D eigenvalue weighted by molar-refractivity contribution is -0.118. The molecule has 1 aliphatic rings. The topological polar surface area (TPSA) is 75.7 Å². The summed E-state index contributed by atoms with van der Waals surface area (Å²) in [5, 5.41) is 3.33. The van der Waals surface area contributed by atoms with Gasteiger partial charge in [-0.2, -0.15) is 4.31 Å². The molecule has 0 bridgehead atoms. The van der Waals surface area contributed by atoms with Crippen LogP contribution in [0.25, 0.3) is 0 Å². The number of piperidine rings is 1. The number of nitrogens with zero attached hydrogens (tertiary/aromatic N) is 1. The van der Waals surface area contributed by atoms with Crippen LogP contribution in [0.2, 0.25) is 5.02 Å². The fraction of sp³-hybridized carbons (Fsp3) is 0.381. The minimum Gasteiger partial charge on any atom is -0.484 e. The normalized spacial score (nSPS) is 15.8. The predicted octanol–water partition coefficient (Wildman–Crippen LogP) is 4.09. The quantitative estimate of drug-likeness (QED) is 0.740. The Hall–Kier alpha value is -2.09. The standard InChI is InChI=1S/C21H25ClN2O4S/c1-15-10-12-24(13-11-15)29(26,27)18-8-6-17(7-9-18)28-14-21(25)23-20-5-3-4-19(22)16(20)2/h3-9,15H,10-14H2,1-2H3,(H,23,25). The zero-order valence-corrected chi connectivity index (χ0v) is 18.1. The second-order valence-corrected chi connectivity index (χ2v) is 9.65. The van der Waals surface area contributed by atoms with Gasteiger partial charge in [0.25, 0.3) is 5.91 Å². The van der Waals surface area contributed by atoms with Crippen molar-refractivity contribution >= 4 is 33.2 Å². The van der Waals surface area contributed by atoms with Crippen LogP contribution in [0.1, 0.15) is 25.3 Å². The third-order valence-electron chi connectivity index (χ3n) is 5.12. The summed E-state index contributed by atoms with van der Waals surface area (Å²) < 4.78 is 32.5. The van der Waals surface area contributed by atoms with Gasteiger partial charge in [0, 0.05) is 23.8 Å². The van der Waals surface area contributed by atoms with Crippen molar-refractivity contribution in [1.29, 1.82) is 0 Å². The molecule has 1 amide bonds. The van der Waals surface area contributed by atoms with Gasteiger partial charge in [0.2, 0.25) is 10.0 Å². The van der Waals surface area contributed by atoms with Crippen molar-refractivity contribution in [2.24, 2.45) is 5.92 Å². The number of carbonyl (C=O) groups excluding carboxylic acids is 1. The van der Waals surface area contributed by atoms with E-state index < -0.39 is 10.0 Å². The molecule has 0 aromatic heterocycles. The second kappa shape index (κ2) is 9.15. The highest BCUT2D eigenvalue weighted by Gasteiger charge is 2.27. The van der Waals surface area contributed by atoms with E-state index in [-0.39, 0.29) is 17.4 Å². The first kappa shape index (κ1) is 21.6. The molecule has 2 aromatic carbocycles. The van der Waals surface area contributed by atoms with Crippen LogP contribution in [-0.4, -0.2) is 38.3 Å². The van der Waals surface area contributed by atoms with Gasteiger partial charge in [0.15, 0.2) is 6.61 Å². The highest BCUT2D eigenvalue weighted by molar-refractivity contribution is 7.89. The number of nitrogens with one attached hydrogen (secondary N) is 1. The van der Waals surface area contributed by atoms with Crippen LogP contribution in [0.3, 0.4) is 0 Å². The summed E-state index contributed by atoms with van der Waals surface area (Å²) in [6.07, 6.45) is 1.75. The SMILES string of the molecule is Cc1c(Cl)cccc1NC(=O)COc1ccc(S(=O)(=O)N2CCC(C)CC2)cc1. The summed E-state index contributed by atoms with van der Waals surface area (Å²) in [5.41, 5.74) is 1.41. The zero-order chi connectivity index (χ0) is 21.0. The first-order valence-electron chi connectivity index (χ1n) is 9.55. The van der Waals surface area contributed by atoms with E-state index in [9.17, 15) is 13.2 Å². The van der Waals surface area contributed by atoms with Crippen LogP contribution in [0, 0.1) is 12.8 Å². The monoisotopic (exact) mass is 436 g/mol. The summed E-state index contributed by atoms with van der Waals surface area (Å²) in [5.74, 6) is 0.655. The van der Waals surface area contributed by atoms with Crippen LogP contribution in [0.5, 0.6) is 5.75 Å². The predicted molar refractivity (Wildman–Crippen MR) is 114 cm³/mol. The van der Waals surface area contributed by atoms with Gasteiger partial charge in [-0.3, -0.25) is 4.79 Å². The highest BCUT2D eigenvalue weighted by atomic mass is 35.5. The van der Waals surface area contributed by atoms with Crippen molar-refractivity contribution in [3.8, 4) is 5.75 Å². The molecule has 0 atom stereocenters. The number of sulfonamides is 1. The zero-order valence-electron chi connectivity index (χ0n) is 16.5. The summed E-state index contributed by atoms with van der Waals surface area (Å²) in [4.78, 5) is 12.4. The van der Waals surface area contributed by atoms with Crippen molar-refractivity contribution in [1.82, 2.24) is 4.31 Å². The molecule has 3 rings (SSSR count). The van der Waals surface area contributed by atoms with Gasteiger partial charge in [-0.05, 0) is 67.6 Å². The third-order valence-corrected chi connectivity index (χ3v) is 7.44. The molecule has 1 heterocycles. The summed E-state index contributed by atoms with van der Waals surface area (Å²) in [6, 6.07) is 11.4. The van der Waals surface area contributed by atoms with Gasteiger partial charge in [-0.15, -0.1) is 0 Å². The molecule has 0 unspecified atom stereocenters. The number of ether oxygens (including phenoxy) is 1. The minimum absolute atomic E-state index is 0.192. The third kappa shape index (κ3) is 5.29.